The van der Waals surface area contributed by atoms with Crippen molar-refractivity contribution in [2.24, 2.45) is 5.41 Å². The Hall–Kier alpha value is -0.0400. The van der Waals surface area contributed by atoms with Gasteiger partial charge in [-0.3, -0.25) is 0 Å². The highest BCUT2D eigenvalue weighted by Gasteiger charge is 2.12. The molecule has 0 aliphatic heterocycles. The van der Waals surface area contributed by atoms with E-state index in [2.05, 4.69) is 6.92 Å². The Bertz CT molecular complexity index is 42.1. The summed E-state index contributed by atoms with van der Waals surface area (Å²) in [4.78, 5) is 0. The summed E-state index contributed by atoms with van der Waals surface area (Å²) in [5.41, 5.74) is -0.0972. The summed E-state index contributed by atoms with van der Waals surface area (Å²) in [6, 6.07) is 0. The second kappa shape index (κ2) is 2.31. The van der Waals surface area contributed by atoms with Gasteiger partial charge in [-0.25, -0.2) is 0 Å². The Morgan fingerprint density at radius 1 is 1.71 bits per heavy atom. The molecule has 0 aromatic heterocycles. The Labute approximate surface area is 45.4 Å². The van der Waals surface area contributed by atoms with Gasteiger partial charge < -0.3 is 5.11 Å². The summed E-state index contributed by atoms with van der Waals surface area (Å²) in [6.45, 7) is 8.68. The SMILES string of the molecule is [CH2]CC(C)(C)[CH]O. The average molecular weight is 100 g/mol. The van der Waals surface area contributed by atoms with Crippen LogP contribution in [0.4, 0.5) is 0 Å². The molecule has 7 heavy (non-hydrogen) atoms. The molecule has 1 heteroatoms. The first kappa shape index (κ1) is 6.96. The maximum atomic E-state index is 8.43. The zero-order chi connectivity index (χ0) is 5.91. The van der Waals surface area contributed by atoms with Crippen molar-refractivity contribution in [3.05, 3.63) is 13.5 Å². The molecule has 2 radical (unpaired) electrons. The van der Waals surface area contributed by atoms with Gasteiger partial charge >= 0.3 is 0 Å². The lowest BCUT2D eigenvalue weighted by molar-refractivity contribution is 0.245. The number of aliphatic hydroxyl groups excluding tert-OH is 1. The molecule has 0 bridgehead atoms. The Balaban J connectivity index is 3.36. The summed E-state index contributed by atoms with van der Waals surface area (Å²) < 4.78 is 0. The second-order valence-corrected chi connectivity index (χ2v) is 2.37. The minimum absolute atomic E-state index is 0.0972. The van der Waals surface area contributed by atoms with Crippen molar-refractivity contribution in [3.8, 4) is 0 Å². The molecule has 0 saturated carbocycles. The van der Waals surface area contributed by atoms with E-state index in [-0.39, 0.29) is 5.41 Å². The number of hydrogen-bond acceptors (Lipinski definition) is 1. The molecule has 42 valence electrons. The van der Waals surface area contributed by atoms with Crippen LogP contribution in [-0.4, -0.2) is 5.11 Å². The summed E-state index contributed by atoms with van der Waals surface area (Å²) in [7, 11) is 0. The zero-order valence-corrected chi connectivity index (χ0v) is 4.94. The van der Waals surface area contributed by atoms with Crippen LogP contribution >= 0.6 is 0 Å². The molecule has 0 rings (SSSR count). The third-order valence-electron chi connectivity index (χ3n) is 0.994. The summed E-state index contributed by atoms with van der Waals surface area (Å²) in [6.07, 6.45) is 0.740. The smallest absolute Gasteiger partial charge is 0.0855 e. The lowest BCUT2D eigenvalue weighted by atomic mass is 9.92. The summed E-state index contributed by atoms with van der Waals surface area (Å²) >= 11 is 0. The van der Waals surface area contributed by atoms with Crippen LogP contribution in [0.2, 0.25) is 0 Å². The maximum Gasteiger partial charge on any atom is 0.0855 e. The predicted molar refractivity (Wildman–Crippen MR) is 30.0 cm³/mol. The van der Waals surface area contributed by atoms with Crippen LogP contribution in [0.1, 0.15) is 20.3 Å². The van der Waals surface area contributed by atoms with E-state index in [1.165, 1.54) is 6.61 Å². The lowest BCUT2D eigenvalue weighted by Crippen LogP contribution is -2.08. The number of rotatable bonds is 2. The number of hydrogen-bond donors (Lipinski definition) is 1. The Morgan fingerprint density at radius 3 is 2.14 bits per heavy atom. The topological polar surface area (TPSA) is 20.2 Å². The molecule has 1 nitrogen and oxygen atoms in total. The minimum Gasteiger partial charge on any atom is -0.390 e. The largest absolute Gasteiger partial charge is 0.390 e. The molecule has 0 aliphatic rings. The van der Waals surface area contributed by atoms with Gasteiger partial charge in [-0.15, -0.1) is 0 Å². The van der Waals surface area contributed by atoms with E-state index >= 15 is 0 Å². The fraction of sp³-hybridized carbons (Fsp3) is 0.667. The van der Waals surface area contributed by atoms with Gasteiger partial charge in [-0.1, -0.05) is 20.8 Å². The van der Waals surface area contributed by atoms with E-state index in [9.17, 15) is 0 Å². The Kier molecular flexibility index (Phi) is 2.30. The highest BCUT2D eigenvalue weighted by Crippen LogP contribution is 2.20. The molecule has 0 aromatic rings. The lowest BCUT2D eigenvalue weighted by Gasteiger charge is -2.16. The van der Waals surface area contributed by atoms with Gasteiger partial charge in [-0.05, 0) is 11.8 Å². The molecule has 0 saturated heterocycles. The molecular weight excluding hydrogens is 88.1 g/mol. The van der Waals surface area contributed by atoms with Gasteiger partial charge in [-0.2, -0.15) is 0 Å². The second-order valence-electron chi connectivity index (χ2n) is 2.37. The van der Waals surface area contributed by atoms with Gasteiger partial charge in [0, 0.05) is 0 Å². The first-order chi connectivity index (χ1) is 3.12. The highest BCUT2D eigenvalue weighted by atomic mass is 16.3. The fourth-order valence-electron chi connectivity index (χ4n) is 0.0645. The monoisotopic (exact) mass is 100 g/mol. The molecule has 0 aromatic carbocycles. The highest BCUT2D eigenvalue weighted by molar-refractivity contribution is 4.75. The van der Waals surface area contributed by atoms with E-state index in [0.717, 1.165) is 6.42 Å². The minimum atomic E-state index is -0.0972. The normalized spacial score (nSPS) is 12.0. The number of aliphatic hydroxyl groups is 1. The van der Waals surface area contributed by atoms with Crippen molar-refractivity contribution < 1.29 is 5.11 Å². The molecule has 0 aliphatic carbocycles. The first-order valence-electron chi connectivity index (χ1n) is 2.40. The van der Waals surface area contributed by atoms with Gasteiger partial charge in [0.1, 0.15) is 0 Å². The van der Waals surface area contributed by atoms with Gasteiger partial charge in [0.2, 0.25) is 0 Å². The molecule has 0 unspecified atom stereocenters. The van der Waals surface area contributed by atoms with Gasteiger partial charge in [0.05, 0.1) is 6.61 Å². The van der Waals surface area contributed by atoms with Crippen molar-refractivity contribution in [2.45, 2.75) is 20.3 Å². The van der Waals surface area contributed by atoms with Crippen LogP contribution in [0.3, 0.4) is 0 Å². The van der Waals surface area contributed by atoms with Crippen LogP contribution < -0.4 is 0 Å². The molecule has 0 heterocycles. The van der Waals surface area contributed by atoms with Crippen LogP contribution in [0, 0.1) is 18.9 Å². The average Bonchev–Trinajstić information content (AvgIpc) is 1.68. The third-order valence-corrected chi connectivity index (χ3v) is 0.994. The van der Waals surface area contributed by atoms with Crippen LogP contribution in [0.25, 0.3) is 0 Å². The van der Waals surface area contributed by atoms with E-state index < -0.39 is 0 Å². The third kappa shape index (κ3) is 2.63. The maximum absolute atomic E-state index is 8.43. The van der Waals surface area contributed by atoms with E-state index in [0.29, 0.717) is 0 Å². The van der Waals surface area contributed by atoms with Gasteiger partial charge in [0.25, 0.3) is 0 Å². The quantitative estimate of drug-likeness (QED) is 0.560. The van der Waals surface area contributed by atoms with Crippen molar-refractivity contribution >= 4 is 0 Å². The van der Waals surface area contributed by atoms with E-state index in [1.54, 1.807) is 0 Å². The Morgan fingerprint density at radius 2 is 2.14 bits per heavy atom. The molecular formula is C6H12O. The van der Waals surface area contributed by atoms with Gasteiger partial charge in [0.15, 0.2) is 0 Å². The molecule has 0 fully saturated rings. The van der Waals surface area contributed by atoms with Crippen molar-refractivity contribution in [2.75, 3.05) is 0 Å². The summed E-state index contributed by atoms with van der Waals surface area (Å²) in [5, 5.41) is 8.43. The van der Waals surface area contributed by atoms with E-state index in [1.807, 2.05) is 13.8 Å². The van der Waals surface area contributed by atoms with Crippen LogP contribution in [0.15, 0.2) is 0 Å². The summed E-state index contributed by atoms with van der Waals surface area (Å²) in [5.74, 6) is 0. The standard InChI is InChI=1S/C6H12O/c1-4-6(2,3)5-7/h5,7H,1,4H2,2-3H3. The predicted octanol–water partition coefficient (Wildman–Crippen LogP) is 1.77. The molecule has 1 N–H and O–H groups in total. The first-order valence-corrected chi connectivity index (χ1v) is 2.40. The zero-order valence-electron chi connectivity index (χ0n) is 4.94. The van der Waals surface area contributed by atoms with E-state index in [4.69, 9.17) is 5.11 Å². The molecule has 0 spiro atoms. The van der Waals surface area contributed by atoms with Crippen molar-refractivity contribution in [1.29, 1.82) is 0 Å². The van der Waals surface area contributed by atoms with Crippen molar-refractivity contribution in [3.63, 3.8) is 0 Å². The van der Waals surface area contributed by atoms with Crippen LogP contribution in [0.5, 0.6) is 0 Å². The van der Waals surface area contributed by atoms with Crippen molar-refractivity contribution in [1.82, 2.24) is 0 Å². The van der Waals surface area contributed by atoms with Crippen LogP contribution in [-0.2, 0) is 0 Å². The fourth-order valence-corrected chi connectivity index (χ4v) is 0.0645. The molecule has 0 atom stereocenters. The molecule has 0 amide bonds.